The molecule has 2 aromatic carbocycles. The first-order valence-corrected chi connectivity index (χ1v) is 12.8. The van der Waals surface area contributed by atoms with E-state index in [2.05, 4.69) is 15.9 Å². The van der Waals surface area contributed by atoms with E-state index in [9.17, 15) is 28.7 Å². The predicted molar refractivity (Wildman–Crippen MR) is 136 cm³/mol. The van der Waals surface area contributed by atoms with Crippen molar-refractivity contribution in [2.45, 2.75) is 25.7 Å². The Morgan fingerprint density at radius 3 is 2.43 bits per heavy atom. The Morgan fingerprint density at radius 1 is 1.00 bits per heavy atom. The minimum Gasteiger partial charge on any atom is -0.505 e. The molecule has 6 nitrogen and oxygen atoms in total. The third kappa shape index (κ3) is 3.49. The van der Waals surface area contributed by atoms with E-state index in [1.54, 1.807) is 31.2 Å². The number of anilines is 1. The number of phenols is 1. The lowest BCUT2D eigenvalue weighted by molar-refractivity contribution is -0.123. The molecule has 0 spiro atoms. The maximum atomic E-state index is 14.5. The van der Waals surface area contributed by atoms with Crippen LogP contribution < -0.4 is 4.90 Å². The van der Waals surface area contributed by atoms with E-state index in [0.29, 0.717) is 28.8 Å². The van der Waals surface area contributed by atoms with Gasteiger partial charge in [-0.2, -0.15) is 0 Å². The lowest BCUT2D eigenvalue weighted by Gasteiger charge is -2.42. The molecule has 2 amide bonds. The number of hydrogen-bond acceptors (Lipinski definition) is 5. The third-order valence-electron chi connectivity index (χ3n) is 7.95. The minimum atomic E-state index is -0.842. The molecule has 0 radical (unpaired) electrons. The SMILES string of the molecule is CC1=CC(=O)C2=C(C[C@@H]3C(=CC[C@@H]4C(=O)N(c5ccc(Br)cc5)C(=O)[C@@H]43)[C@@H]2c2ccc(O)c(F)c2)C1=O. The zero-order chi connectivity index (χ0) is 26.2. The number of carbonyl (C=O) groups excluding carboxylic acids is 4. The number of nitrogens with zero attached hydrogens (tertiary/aromatic N) is 1. The van der Waals surface area contributed by atoms with E-state index in [0.717, 1.165) is 10.0 Å². The smallest absolute Gasteiger partial charge is 0.238 e. The first-order valence-electron chi connectivity index (χ1n) is 12.0. The maximum Gasteiger partial charge on any atom is 0.238 e. The number of imide groups is 1. The summed E-state index contributed by atoms with van der Waals surface area (Å²) in [6.07, 6.45) is 3.63. The highest BCUT2D eigenvalue weighted by molar-refractivity contribution is 9.10. The lowest BCUT2D eigenvalue weighted by atomic mass is 9.59. The summed E-state index contributed by atoms with van der Waals surface area (Å²) >= 11 is 3.37. The molecule has 3 aliphatic carbocycles. The van der Waals surface area contributed by atoms with Crippen LogP contribution in [0.4, 0.5) is 10.1 Å². The van der Waals surface area contributed by atoms with E-state index < -0.39 is 35.2 Å². The molecule has 1 saturated heterocycles. The van der Waals surface area contributed by atoms with Crippen molar-refractivity contribution in [2.24, 2.45) is 17.8 Å². The van der Waals surface area contributed by atoms with Crippen molar-refractivity contribution in [3.8, 4) is 5.75 Å². The number of fused-ring (bicyclic) bond motifs is 3. The Kier molecular flexibility index (Phi) is 5.42. The van der Waals surface area contributed by atoms with E-state index in [4.69, 9.17) is 0 Å². The maximum absolute atomic E-state index is 14.5. The Balaban J connectivity index is 1.49. The summed E-state index contributed by atoms with van der Waals surface area (Å²) in [5.74, 6) is -5.14. The van der Waals surface area contributed by atoms with Crippen molar-refractivity contribution < 1.29 is 28.7 Å². The summed E-state index contributed by atoms with van der Waals surface area (Å²) in [6.45, 7) is 1.58. The number of halogens is 2. The van der Waals surface area contributed by atoms with E-state index in [1.807, 2.05) is 6.08 Å². The van der Waals surface area contributed by atoms with Gasteiger partial charge in [0.05, 0.1) is 17.5 Å². The number of allylic oxidation sites excluding steroid dienone is 6. The second-order valence-electron chi connectivity index (χ2n) is 9.93. The van der Waals surface area contributed by atoms with Crippen LogP contribution >= 0.6 is 15.9 Å². The van der Waals surface area contributed by atoms with Gasteiger partial charge in [-0.15, -0.1) is 0 Å². The number of Topliss-reactive ketones (excluding diaryl/α,β-unsaturated/α-hetero) is 1. The van der Waals surface area contributed by atoms with Crippen LogP contribution in [0, 0.1) is 23.6 Å². The standard InChI is InChI=1S/C29H21BrFNO5/c1-13-10-23(34)26-20(27(13)35)12-19-17(24(26)14-2-9-22(33)21(31)11-14)7-8-18-25(19)29(37)32(28(18)36)16-5-3-15(30)4-6-16/h2-7,9-11,18-19,24-25,33H,8,12H2,1H3/t18-,19+,24-,25-/m0/s1. The number of aromatic hydroxyl groups is 1. The van der Waals surface area contributed by atoms with Crippen molar-refractivity contribution in [2.75, 3.05) is 4.90 Å². The molecule has 1 N–H and O–H groups in total. The van der Waals surface area contributed by atoms with Crippen LogP contribution in [0.15, 0.2) is 81.4 Å². The molecular weight excluding hydrogens is 541 g/mol. The number of amides is 2. The van der Waals surface area contributed by atoms with Crippen molar-refractivity contribution in [3.63, 3.8) is 0 Å². The number of benzene rings is 2. The highest BCUT2D eigenvalue weighted by Gasteiger charge is 2.56. The molecule has 0 aromatic heterocycles. The average molecular weight is 562 g/mol. The van der Waals surface area contributed by atoms with Gasteiger partial charge in [0.15, 0.2) is 23.1 Å². The van der Waals surface area contributed by atoms with Crippen LogP contribution in [0.25, 0.3) is 0 Å². The van der Waals surface area contributed by atoms with E-state index in [1.165, 1.54) is 29.2 Å². The van der Waals surface area contributed by atoms with Crippen LogP contribution in [0.1, 0.15) is 31.2 Å². The number of rotatable bonds is 2. The molecule has 8 heteroatoms. The molecular formula is C29H21BrFNO5. The summed E-state index contributed by atoms with van der Waals surface area (Å²) < 4.78 is 15.3. The molecule has 186 valence electrons. The monoisotopic (exact) mass is 561 g/mol. The molecule has 4 atom stereocenters. The van der Waals surface area contributed by atoms with E-state index in [-0.39, 0.29) is 35.4 Å². The summed E-state index contributed by atoms with van der Waals surface area (Å²) in [5, 5.41) is 9.75. The van der Waals surface area contributed by atoms with Crippen molar-refractivity contribution in [1.29, 1.82) is 0 Å². The van der Waals surface area contributed by atoms with Gasteiger partial charge in [0, 0.05) is 27.1 Å². The Bertz CT molecular complexity index is 1520. The summed E-state index contributed by atoms with van der Waals surface area (Å²) in [6, 6.07) is 10.8. The number of phenolic OH excluding ortho intramolecular Hbond substituents is 1. The van der Waals surface area contributed by atoms with Crippen LogP contribution in [-0.4, -0.2) is 28.5 Å². The number of ketones is 2. The fourth-order valence-electron chi connectivity index (χ4n) is 6.31. The summed E-state index contributed by atoms with van der Waals surface area (Å²) in [5.41, 5.74) is 2.52. The first kappa shape index (κ1) is 23.7. The molecule has 1 heterocycles. The van der Waals surface area contributed by atoms with Gasteiger partial charge in [0.1, 0.15) is 0 Å². The molecule has 4 aliphatic rings. The number of hydrogen-bond donors (Lipinski definition) is 1. The van der Waals surface area contributed by atoms with Crippen molar-refractivity contribution in [1.82, 2.24) is 0 Å². The molecule has 6 rings (SSSR count). The normalized spacial score (nSPS) is 27.1. The highest BCUT2D eigenvalue weighted by atomic mass is 79.9. The number of carbonyl (C=O) groups is 4. The molecule has 0 unspecified atom stereocenters. The highest BCUT2D eigenvalue weighted by Crippen LogP contribution is 2.55. The molecule has 37 heavy (non-hydrogen) atoms. The van der Waals surface area contributed by atoms with Gasteiger partial charge >= 0.3 is 0 Å². The van der Waals surface area contributed by atoms with Gasteiger partial charge < -0.3 is 5.11 Å². The average Bonchev–Trinajstić information content (AvgIpc) is 3.13. The van der Waals surface area contributed by atoms with Gasteiger partial charge in [0.2, 0.25) is 11.8 Å². The largest absolute Gasteiger partial charge is 0.505 e. The van der Waals surface area contributed by atoms with Crippen molar-refractivity contribution in [3.05, 3.63) is 92.8 Å². The lowest BCUT2D eigenvalue weighted by Crippen LogP contribution is -2.39. The molecule has 2 aromatic rings. The quantitative estimate of drug-likeness (QED) is 0.319. The van der Waals surface area contributed by atoms with Gasteiger partial charge in [-0.1, -0.05) is 33.6 Å². The molecule has 1 fully saturated rings. The topological polar surface area (TPSA) is 91.8 Å². The minimum absolute atomic E-state index is 0.155. The van der Waals surface area contributed by atoms with Crippen LogP contribution in [-0.2, 0) is 19.2 Å². The summed E-state index contributed by atoms with van der Waals surface area (Å²) in [7, 11) is 0. The van der Waals surface area contributed by atoms with Gasteiger partial charge in [-0.3, -0.25) is 24.1 Å². The Labute approximate surface area is 220 Å². The van der Waals surface area contributed by atoms with Crippen molar-refractivity contribution >= 4 is 45.0 Å². The predicted octanol–water partition coefficient (Wildman–Crippen LogP) is 4.93. The van der Waals surface area contributed by atoms with Crippen LogP contribution in [0.2, 0.25) is 0 Å². The molecule has 0 bridgehead atoms. The van der Waals surface area contributed by atoms with Crippen LogP contribution in [0.3, 0.4) is 0 Å². The molecule has 1 aliphatic heterocycles. The fourth-order valence-corrected chi connectivity index (χ4v) is 6.57. The Hall–Kier alpha value is -3.65. The summed E-state index contributed by atoms with van der Waals surface area (Å²) in [4.78, 5) is 54.9. The van der Waals surface area contributed by atoms with Gasteiger partial charge in [0.25, 0.3) is 0 Å². The van der Waals surface area contributed by atoms with Gasteiger partial charge in [-0.25, -0.2) is 4.39 Å². The third-order valence-corrected chi connectivity index (χ3v) is 8.48. The second-order valence-corrected chi connectivity index (χ2v) is 10.8. The zero-order valence-electron chi connectivity index (χ0n) is 19.7. The Morgan fingerprint density at radius 2 is 1.73 bits per heavy atom. The van der Waals surface area contributed by atoms with E-state index >= 15 is 0 Å². The zero-order valence-corrected chi connectivity index (χ0v) is 21.3. The van der Waals surface area contributed by atoms with Gasteiger partial charge in [-0.05, 0) is 73.7 Å². The second kappa shape index (κ2) is 8.45. The first-order chi connectivity index (χ1) is 17.7. The fraction of sp³-hybridized carbons (Fsp3) is 0.241. The van der Waals surface area contributed by atoms with Crippen LogP contribution in [0.5, 0.6) is 5.75 Å². The molecule has 0 saturated carbocycles.